The van der Waals surface area contributed by atoms with Crippen LogP contribution in [0.15, 0.2) is 29.1 Å². The van der Waals surface area contributed by atoms with E-state index in [-0.39, 0.29) is 12.2 Å². The standard InChI is InChI=1S/C13H16N2O2/c1-13(2,8-16)11-12(17)15(3)10-7-5-4-6-9(10)14-11/h4-7,16H,8H2,1-3H3. The normalized spacial score (nSPS) is 12.0. The molecule has 4 heteroatoms. The molecule has 0 fully saturated rings. The first-order valence-electron chi connectivity index (χ1n) is 5.54. The number of nitrogens with zero attached hydrogens (tertiary/aromatic N) is 2. The molecule has 0 aliphatic heterocycles. The smallest absolute Gasteiger partial charge is 0.273 e. The molecule has 0 radical (unpaired) electrons. The maximum atomic E-state index is 12.2. The Labute approximate surface area is 99.5 Å². The van der Waals surface area contributed by atoms with E-state index < -0.39 is 5.41 Å². The Hall–Kier alpha value is -1.68. The van der Waals surface area contributed by atoms with E-state index in [1.807, 2.05) is 38.1 Å². The molecule has 1 heterocycles. The summed E-state index contributed by atoms with van der Waals surface area (Å²) in [7, 11) is 1.73. The van der Waals surface area contributed by atoms with Crippen LogP contribution in [0.5, 0.6) is 0 Å². The van der Waals surface area contributed by atoms with Gasteiger partial charge >= 0.3 is 0 Å². The van der Waals surface area contributed by atoms with Gasteiger partial charge in [-0.05, 0) is 12.1 Å². The third kappa shape index (κ3) is 1.85. The fourth-order valence-electron chi connectivity index (χ4n) is 1.79. The highest BCUT2D eigenvalue weighted by Gasteiger charge is 2.26. The predicted molar refractivity (Wildman–Crippen MR) is 67.1 cm³/mol. The molecule has 0 atom stereocenters. The number of aliphatic hydroxyl groups excluding tert-OH is 1. The topological polar surface area (TPSA) is 55.1 Å². The molecule has 0 saturated heterocycles. The second kappa shape index (κ2) is 3.96. The van der Waals surface area contributed by atoms with Gasteiger partial charge < -0.3 is 9.67 Å². The fourth-order valence-corrected chi connectivity index (χ4v) is 1.79. The molecular weight excluding hydrogens is 216 g/mol. The van der Waals surface area contributed by atoms with Gasteiger partial charge in [-0.3, -0.25) is 4.79 Å². The highest BCUT2D eigenvalue weighted by atomic mass is 16.3. The molecule has 0 aliphatic rings. The summed E-state index contributed by atoms with van der Waals surface area (Å²) < 4.78 is 1.58. The Morgan fingerprint density at radius 2 is 2.00 bits per heavy atom. The van der Waals surface area contributed by atoms with Crippen molar-refractivity contribution >= 4 is 11.0 Å². The van der Waals surface area contributed by atoms with Crippen molar-refractivity contribution in [2.24, 2.45) is 7.05 Å². The van der Waals surface area contributed by atoms with Gasteiger partial charge in [-0.2, -0.15) is 0 Å². The Balaban J connectivity index is 2.84. The maximum Gasteiger partial charge on any atom is 0.273 e. The number of aryl methyl sites for hydroxylation is 1. The van der Waals surface area contributed by atoms with E-state index in [1.165, 1.54) is 0 Å². The summed E-state index contributed by atoms with van der Waals surface area (Å²) in [5.74, 6) is 0. The second-order valence-corrected chi connectivity index (χ2v) is 4.86. The average Bonchev–Trinajstić information content (AvgIpc) is 2.33. The molecule has 1 aromatic carbocycles. The first-order valence-corrected chi connectivity index (χ1v) is 5.54. The molecule has 2 aromatic rings. The van der Waals surface area contributed by atoms with Crippen molar-refractivity contribution in [3.63, 3.8) is 0 Å². The number of hydrogen-bond donors (Lipinski definition) is 1. The van der Waals surface area contributed by atoms with Crippen LogP contribution < -0.4 is 5.56 Å². The monoisotopic (exact) mass is 232 g/mol. The number of hydrogen-bond acceptors (Lipinski definition) is 3. The SMILES string of the molecule is Cn1c(=O)c(C(C)(C)CO)nc2ccccc21. The number of para-hydroxylation sites is 2. The lowest BCUT2D eigenvalue weighted by Gasteiger charge is -2.21. The van der Waals surface area contributed by atoms with Crippen molar-refractivity contribution in [1.82, 2.24) is 9.55 Å². The van der Waals surface area contributed by atoms with Crippen molar-refractivity contribution in [3.05, 3.63) is 40.3 Å². The summed E-state index contributed by atoms with van der Waals surface area (Å²) in [6.45, 7) is 3.52. The summed E-state index contributed by atoms with van der Waals surface area (Å²) in [5, 5.41) is 9.35. The third-order valence-electron chi connectivity index (χ3n) is 3.02. The second-order valence-electron chi connectivity index (χ2n) is 4.86. The predicted octanol–water partition coefficient (Wildman–Crippen LogP) is 1.20. The lowest BCUT2D eigenvalue weighted by molar-refractivity contribution is 0.214. The molecular formula is C13H16N2O2. The van der Waals surface area contributed by atoms with E-state index in [0.29, 0.717) is 5.69 Å². The van der Waals surface area contributed by atoms with Crippen molar-refractivity contribution < 1.29 is 5.11 Å². The average molecular weight is 232 g/mol. The van der Waals surface area contributed by atoms with Gasteiger partial charge in [-0.1, -0.05) is 26.0 Å². The highest BCUT2D eigenvalue weighted by Crippen LogP contribution is 2.19. The Bertz CT molecular complexity index is 614. The van der Waals surface area contributed by atoms with Crippen LogP contribution in [0.2, 0.25) is 0 Å². The van der Waals surface area contributed by atoms with Crippen molar-refractivity contribution in [1.29, 1.82) is 0 Å². The molecule has 17 heavy (non-hydrogen) atoms. The van der Waals surface area contributed by atoms with Crippen LogP contribution >= 0.6 is 0 Å². The Morgan fingerprint density at radius 3 is 2.65 bits per heavy atom. The minimum Gasteiger partial charge on any atom is -0.395 e. The van der Waals surface area contributed by atoms with Crippen LogP contribution in [-0.2, 0) is 12.5 Å². The molecule has 4 nitrogen and oxygen atoms in total. The number of aromatic nitrogens is 2. The molecule has 1 N–H and O–H groups in total. The number of aliphatic hydroxyl groups is 1. The third-order valence-corrected chi connectivity index (χ3v) is 3.02. The van der Waals surface area contributed by atoms with Crippen LogP contribution in [0.4, 0.5) is 0 Å². The summed E-state index contributed by atoms with van der Waals surface area (Å²) >= 11 is 0. The molecule has 1 aromatic heterocycles. The largest absolute Gasteiger partial charge is 0.395 e. The van der Waals surface area contributed by atoms with Gasteiger partial charge in [-0.25, -0.2) is 4.98 Å². The first kappa shape index (κ1) is 11.8. The molecule has 0 aliphatic carbocycles. The quantitative estimate of drug-likeness (QED) is 0.846. The first-order chi connectivity index (χ1) is 7.97. The van der Waals surface area contributed by atoms with E-state index in [2.05, 4.69) is 4.98 Å². The zero-order valence-electron chi connectivity index (χ0n) is 10.3. The molecule has 0 bridgehead atoms. The van der Waals surface area contributed by atoms with Crippen LogP contribution in [0.25, 0.3) is 11.0 Å². The Morgan fingerprint density at radius 1 is 1.35 bits per heavy atom. The van der Waals surface area contributed by atoms with Crippen LogP contribution in [0, 0.1) is 0 Å². The van der Waals surface area contributed by atoms with E-state index in [0.717, 1.165) is 11.0 Å². The van der Waals surface area contributed by atoms with E-state index >= 15 is 0 Å². The van der Waals surface area contributed by atoms with Gasteiger partial charge in [0, 0.05) is 12.5 Å². The number of rotatable bonds is 2. The molecule has 0 amide bonds. The van der Waals surface area contributed by atoms with Crippen molar-refractivity contribution in [2.45, 2.75) is 19.3 Å². The number of benzene rings is 1. The number of fused-ring (bicyclic) bond motifs is 1. The minimum absolute atomic E-state index is 0.104. The van der Waals surface area contributed by atoms with Gasteiger partial charge in [0.2, 0.25) is 0 Å². The lowest BCUT2D eigenvalue weighted by Crippen LogP contribution is -2.35. The van der Waals surface area contributed by atoms with Gasteiger partial charge in [0.25, 0.3) is 5.56 Å². The van der Waals surface area contributed by atoms with Gasteiger partial charge in [0.1, 0.15) is 5.69 Å². The lowest BCUT2D eigenvalue weighted by atomic mass is 9.90. The molecule has 0 spiro atoms. The maximum absolute atomic E-state index is 12.2. The molecule has 2 rings (SSSR count). The van der Waals surface area contributed by atoms with E-state index in [4.69, 9.17) is 0 Å². The molecule has 0 saturated carbocycles. The molecule has 90 valence electrons. The van der Waals surface area contributed by atoms with Crippen LogP contribution in [0.3, 0.4) is 0 Å². The van der Waals surface area contributed by atoms with Crippen molar-refractivity contribution in [3.8, 4) is 0 Å². The van der Waals surface area contributed by atoms with Gasteiger partial charge in [0.15, 0.2) is 0 Å². The Kier molecular flexibility index (Phi) is 2.75. The summed E-state index contributed by atoms with van der Waals surface area (Å²) in [6.07, 6.45) is 0. The minimum atomic E-state index is -0.626. The summed E-state index contributed by atoms with van der Waals surface area (Å²) in [5.41, 5.74) is 1.20. The summed E-state index contributed by atoms with van der Waals surface area (Å²) in [6, 6.07) is 7.49. The van der Waals surface area contributed by atoms with E-state index in [9.17, 15) is 9.90 Å². The zero-order valence-corrected chi connectivity index (χ0v) is 10.3. The summed E-state index contributed by atoms with van der Waals surface area (Å²) in [4.78, 5) is 16.6. The van der Waals surface area contributed by atoms with Gasteiger partial charge in [-0.15, -0.1) is 0 Å². The fraction of sp³-hybridized carbons (Fsp3) is 0.385. The zero-order chi connectivity index (χ0) is 12.6. The van der Waals surface area contributed by atoms with Crippen LogP contribution in [0.1, 0.15) is 19.5 Å². The van der Waals surface area contributed by atoms with Gasteiger partial charge in [0.05, 0.1) is 17.6 Å². The van der Waals surface area contributed by atoms with Crippen molar-refractivity contribution in [2.75, 3.05) is 6.61 Å². The van der Waals surface area contributed by atoms with Crippen LogP contribution in [-0.4, -0.2) is 21.3 Å². The van der Waals surface area contributed by atoms with E-state index in [1.54, 1.807) is 11.6 Å². The molecule has 0 unspecified atom stereocenters. The highest BCUT2D eigenvalue weighted by molar-refractivity contribution is 5.74.